The molecule has 0 rings (SSSR count). The predicted octanol–water partition coefficient (Wildman–Crippen LogP) is 1.41. The van der Waals surface area contributed by atoms with Crippen LogP contribution >= 0.6 is 0 Å². The van der Waals surface area contributed by atoms with Crippen molar-refractivity contribution in [3.63, 3.8) is 0 Å². The van der Waals surface area contributed by atoms with Gasteiger partial charge in [0.05, 0.1) is 6.61 Å². The fourth-order valence-electron chi connectivity index (χ4n) is 0.897. The molecule has 0 amide bonds. The van der Waals surface area contributed by atoms with Gasteiger partial charge in [-0.3, -0.25) is 4.79 Å². The number of esters is 2. The number of Topliss-reactive ketones (excluding diaryl/α,β-unsaturated/α-hetero) is 1. The lowest BCUT2D eigenvalue weighted by atomic mass is 10.2. The van der Waals surface area contributed by atoms with Gasteiger partial charge in [0.2, 0.25) is 0 Å². The maximum atomic E-state index is 11.5. The third kappa shape index (κ3) is 5.85. The highest BCUT2D eigenvalue weighted by Crippen LogP contribution is 2.03. The van der Waals surface area contributed by atoms with Crippen molar-refractivity contribution in [1.82, 2.24) is 0 Å². The van der Waals surface area contributed by atoms with Crippen molar-refractivity contribution in [3.8, 4) is 0 Å². The second-order valence-electron chi connectivity index (χ2n) is 3.70. The molecular weight excluding hydrogens is 224 g/mol. The van der Waals surface area contributed by atoms with Crippen molar-refractivity contribution in [2.75, 3.05) is 6.61 Å². The summed E-state index contributed by atoms with van der Waals surface area (Å²) in [6.45, 7) is 8.11. The van der Waals surface area contributed by atoms with Crippen LogP contribution in [0.2, 0.25) is 0 Å². The molecule has 0 spiro atoms. The van der Waals surface area contributed by atoms with Crippen LogP contribution in [0.5, 0.6) is 0 Å². The van der Waals surface area contributed by atoms with Crippen LogP contribution in [-0.2, 0) is 23.9 Å². The maximum absolute atomic E-state index is 11.5. The summed E-state index contributed by atoms with van der Waals surface area (Å²) in [4.78, 5) is 33.8. The summed E-state index contributed by atoms with van der Waals surface area (Å²) in [7, 11) is 0. The summed E-state index contributed by atoms with van der Waals surface area (Å²) in [6.07, 6.45) is 0.0741. The topological polar surface area (TPSA) is 69.7 Å². The Morgan fingerprint density at radius 2 is 1.82 bits per heavy atom. The van der Waals surface area contributed by atoms with Gasteiger partial charge in [0.25, 0.3) is 6.10 Å². The van der Waals surface area contributed by atoms with Gasteiger partial charge in [0.15, 0.2) is 5.78 Å². The number of rotatable bonds is 7. The van der Waals surface area contributed by atoms with E-state index in [-0.39, 0.29) is 12.2 Å². The van der Waals surface area contributed by atoms with E-state index in [0.29, 0.717) is 6.42 Å². The Morgan fingerprint density at radius 3 is 2.24 bits per heavy atom. The molecule has 1 unspecified atom stereocenters. The quantitative estimate of drug-likeness (QED) is 0.292. The van der Waals surface area contributed by atoms with Crippen LogP contribution in [0.15, 0.2) is 12.2 Å². The van der Waals surface area contributed by atoms with Crippen LogP contribution < -0.4 is 0 Å². The smallest absolute Gasteiger partial charge is 0.355 e. The van der Waals surface area contributed by atoms with Gasteiger partial charge in [-0.15, -0.1) is 0 Å². The van der Waals surface area contributed by atoms with Crippen molar-refractivity contribution in [2.45, 2.75) is 39.7 Å². The zero-order valence-corrected chi connectivity index (χ0v) is 10.4. The highest BCUT2D eigenvalue weighted by Gasteiger charge is 2.29. The molecule has 0 heterocycles. The van der Waals surface area contributed by atoms with Crippen LogP contribution in [0.1, 0.15) is 33.6 Å². The van der Waals surface area contributed by atoms with E-state index < -0.39 is 23.8 Å². The average molecular weight is 242 g/mol. The highest BCUT2D eigenvalue weighted by molar-refractivity contribution is 6.03. The standard InChI is InChI=1S/C12H18O5/c1-5-6-7-16-12(15)10(9(4)13)17-11(14)8(2)3/h10H,2,5-7H2,1,3-4H3. The SMILES string of the molecule is C=C(C)C(=O)OC(C(C)=O)C(=O)OCCCC. The Hall–Kier alpha value is -1.65. The van der Waals surface area contributed by atoms with Crippen molar-refractivity contribution < 1.29 is 23.9 Å². The van der Waals surface area contributed by atoms with E-state index in [1.807, 2.05) is 6.92 Å². The van der Waals surface area contributed by atoms with E-state index in [0.717, 1.165) is 13.3 Å². The third-order valence-corrected chi connectivity index (χ3v) is 1.90. The van der Waals surface area contributed by atoms with Crippen LogP contribution in [0.3, 0.4) is 0 Å². The first-order valence-corrected chi connectivity index (χ1v) is 5.43. The van der Waals surface area contributed by atoms with E-state index >= 15 is 0 Å². The lowest BCUT2D eigenvalue weighted by Gasteiger charge is -2.14. The number of unbranched alkanes of at least 4 members (excludes halogenated alkanes) is 1. The van der Waals surface area contributed by atoms with Crippen molar-refractivity contribution in [3.05, 3.63) is 12.2 Å². The van der Waals surface area contributed by atoms with E-state index in [1.165, 1.54) is 6.92 Å². The fraction of sp³-hybridized carbons (Fsp3) is 0.583. The van der Waals surface area contributed by atoms with Gasteiger partial charge in [-0.25, -0.2) is 9.59 Å². The van der Waals surface area contributed by atoms with Crippen LogP contribution in [0.25, 0.3) is 0 Å². The summed E-state index contributed by atoms with van der Waals surface area (Å²) >= 11 is 0. The number of ether oxygens (including phenoxy) is 2. The van der Waals surface area contributed by atoms with Gasteiger partial charge in [0, 0.05) is 5.57 Å². The number of carbonyl (C=O) groups excluding carboxylic acids is 3. The molecule has 0 aromatic rings. The van der Waals surface area contributed by atoms with Crippen molar-refractivity contribution >= 4 is 17.7 Å². The van der Waals surface area contributed by atoms with Crippen molar-refractivity contribution in [1.29, 1.82) is 0 Å². The zero-order chi connectivity index (χ0) is 13.4. The first-order chi connectivity index (χ1) is 7.90. The Bertz CT molecular complexity index is 319. The van der Waals surface area contributed by atoms with Crippen molar-refractivity contribution in [2.24, 2.45) is 0 Å². The monoisotopic (exact) mass is 242 g/mol. The first-order valence-electron chi connectivity index (χ1n) is 5.43. The molecule has 0 fully saturated rings. The van der Waals surface area contributed by atoms with E-state index in [9.17, 15) is 14.4 Å². The second-order valence-corrected chi connectivity index (χ2v) is 3.70. The Balaban J connectivity index is 4.42. The molecular formula is C12H18O5. The molecule has 5 nitrogen and oxygen atoms in total. The fourth-order valence-corrected chi connectivity index (χ4v) is 0.897. The average Bonchev–Trinajstić information content (AvgIpc) is 2.24. The molecule has 0 aliphatic carbocycles. The predicted molar refractivity (Wildman–Crippen MR) is 61.2 cm³/mol. The van der Waals surface area contributed by atoms with Gasteiger partial charge in [-0.1, -0.05) is 19.9 Å². The van der Waals surface area contributed by atoms with Gasteiger partial charge >= 0.3 is 11.9 Å². The molecule has 0 aromatic heterocycles. The van der Waals surface area contributed by atoms with Gasteiger partial charge in [-0.2, -0.15) is 0 Å². The molecule has 17 heavy (non-hydrogen) atoms. The summed E-state index contributed by atoms with van der Waals surface area (Å²) in [5, 5.41) is 0. The summed E-state index contributed by atoms with van der Waals surface area (Å²) in [6, 6.07) is 0. The highest BCUT2D eigenvalue weighted by atomic mass is 16.6. The number of hydrogen-bond acceptors (Lipinski definition) is 5. The lowest BCUT2D eigenvalue weighted by molar-refractivity contribution is -0.168. The minimum atomic E-state index is -1.49. The first kappa shape index (κ1) is 15.3. The van der Waals surface area contributed by atoms with Crippen LogP contribution in [0, 0.1) is 0 Å². The Kier molecular flexibility index (Phi) is 6.86. The number of carbonyl (C=O) groups is 3. The van der Waals surface area contributed by atoms with Gasteiger partial charge in [0.1, 0.15) is 0 Å². The summed E-state index contributed by atoms with van der Waals surface area (Å²) in [5.74, 6) is -2.18. The third-order valence-electron chi connectivity index (χ3n) is 1.90. The minimum absolute atomic E-state index is 0.123. The van der Waals surface area contributed by atoms with E-state index in [4.69, 9.17) is 9.47 Å². The maximum Gasteiger partial charge on any atom is 0.355 e. The molecule has 0 saturated carbocycles. The summed E-state index contributed by atoms with van der Waals surface area (Å²) < 4.78 is 9.52. The number of ketones is 1. The van der Waals surface area contributed by atoms with Gasteiger partial charge < -0.3 is 9.47 Å². The molecule has 0 aliphatic heterocycles. The number of hydrogen-bond donors (Lipinski definition) is 0. The molecule has 0 bridgehead atoms. The molecule has 1 atom stereocenters. The molecule has 96 valence electrons. The minimum Gasteiger partial charge on any atom is -0.463 e. The lowest BCUT2D eigenvalue weighted by Crippen LogP contribution is -2.35. The Labute approximate surface area is 101 Å². The second kappa shape index (κ2) is 7.60. The van der Waals surface area contributed by atoms with Gasteiger partial charge in [-0.05, 0) is 20.3 Å². The van der Waals surface area contributed by atoms with Crippen LogP contribution in [-0.4, -0.2) is 30.4 Å². The molecule has 0 aromatic carbocycles. The molecule has 0 radical (unpaired) electrons. The molecule has 0 N–H and O–H groups in total. The molecule has 0 aliphatic rings. The molecule has 5 heteroatoms. The molecule has 0 saturated heterocycles. The normalized spacial score (nSPS) is 11.5. The van der Waals surface area contributed by atoms with E-state index in [2.05, 4.69) is 6.58 Å². The zero-order valence-electron chi connectivity index (χ0n) is 10.4. The Morgan fingerprint density at radius 1 is 1.24 bits per heavy atom. The summed E-state index contributed by atoms with van der Waals surface area (Å²) in [5.41, 5.74) is 0.123. The largest absolute Gasteiger partial charge is 0.463 e. The van der Waals surface area contributed by atoms with Crippen LogP contribution in [0.4, 0.5) is 0 Å². The van der Waals surface area contributed by atoms with E-state index in [1.54, 1.807) is 0 Å².